The van der Waals surface area contributed by atoms with E-state index in [1.54, 1.807) is 0 Å². The SMILES string of the molecule is CN1CCCC2=C1N(C)C1C(NC3SC=CN(C)C3N1C)O2. The van der Waals surface area contributed by atoms with Crippen LogP contribution in [0.15, 0.2) is 23.2 Å². The van der Waals surface area contributed by atoms with E-state index in [1.165, 1.54) is 12.2 Å². The van der Waals surface area contributed by atoms with Gasteiger partial charge in [0.05, 0.1) is 5.37 Å². The van der Waals surface area contributed by atoms with Crippen molar-refractivity contribution in [2.24, 2.45) is 0 Å². The normalized spacial score (nSPS) is 38.5. The lowest BCUT2D eigenvalue weighted by Gasteiger charge is -2.57. The topological polar surface area (TPSA) is 34.2 Å². The highest BCUT2D eigenvalue weighted by Gasteiger charge is 2.49. The molecular formula is C15H25N5OS. The Morgan fingerprint density at radius 3 is 2.86 bits per heavy atom. The minimum atomic E-state index is 0.0221. The molecule has 7 heteroatoms. The fourth-order valence-corrected chi connectivity index (χ4v) is 5.34. The van der Waals surface area contributed by atoms with Crippen molar-refractivity contribution in [3.8, 4) is 0 Å². The predicted octanol–water partition coefficient (Wildman–Crippen LogP) is 0.832. The highest BCUT2D eigenvalue weighted by molar-refractivity contribution is 8.02. The van der Waals surface area contributed by atoms with Gasteiger partial charge in [-0.3, -0.25) is 10.2 Å². The first-order valence-electron chi connectivity index (χ1n) is 7.94. The van der Waals surface area contributed by atoms with E-state index < -0.39 is 0 Å². The summed E-state index contributed by atoms with van der Waals surface area (Å²) in [5.41, 5.74) is 0. The first-order chi connectivity index (χ1) is 10.6. The van der Waals surface area contributed by atoms with E-state index in [0.717, 1.165) is 18.7 Å². The molecule has 4 atom stereocenters. The minimum Gasteiger partial charge on any atom is -0.472 e. The van der Waals surface area contributed by atoms with Gasteiger partial charge in [0, 0.05) is 40.3 Å². The van der Waals surface area contributed by atoms with Crippen molar-refractivity contribution in [2.75, 3.05) is 34.7 Å². The number of fused-ring (bicyclic) bond motifs is 2. The number of hydrogen-bond donors (Lipinski definition) is 1. The summed E-state index contributed by atoms with van der Waals surface area (Å²) in [5.74, 6) is 2.39. The maximum Gasteiger partial charge on any atom is 0.185 e. The van der Waals surface area contributed by atoms with E-state index in [2.05, 4.69) is 64.7 Å². The molecule has 1 N–H and O–H groups in total. The Balaban J connectivity index is 1.68. The van der Waals surface area contributed by atoms with Crippen LogP contribution < -0.4 is 5.32 Å². The smallest absolute Gasteiger partial charge is 0.185 e. The maximum atomic E-state index is 6.38. The zero-order valence-electron chi connectivity index (χ0n) is 13.7. The number of nitrogens with zero attached hydrogens (tertiary/aromatic N) is 4. The van der Waals surface area contributed by atoms with Gasteiger partial charge in [-0.1, -0.05) is 0 Å². The number of rotatable bonds is 0. The molecule has 0 saturated carbocycles. The lowest BCUT2D eigenvalue weighted by Crippen LogP contribution is -2.74. The number of ether oxygens (including phenoxy) is 1. The van der Waals surface area contributed by atoms with E-state index in [9.17, 15) is 0 Å². The van der Waals surface area contributed by atoms with Crippen LogP contribution >= 0.6 is 11.8 Å². The Morgan fingerprint density at radius 2 is 2.05 bits per heavy atom. The third-order valence-corrected chi connectivity index (χ3v) is 6.10. The second kappa shape index (κ2) is 5.25. The molecule has 0 aromatic heterocycles. The van der Waals surface area contributed by atoms with Gasteiger partial charge in [0.25, 0.3) is 0 Å². The summed E-state index contributed by atoms with van der Waals surface area (Å²) in [7, 11) is 8.72. The molecule has 6 nitrogen and oxygen atoms in total. The molecule has 4 aliphatic heterocycles. The van der Waals surface area contributed by atoms with Gasteiger partial charge >= 0.3 is 0 Å². The van der Waals surface area contributed by atoms with Crippen LogP contribution in [0.25, 0.3) is 0 Å². The number of thioether (sulfide) groups is 1. The van der Waals surface area contributed by atoms with Crippen LogP contribution in [0, 0.1) is 0 Å². The van der Waals surface area contributed by atoms with Crippen LogP contribution in [0.4, 0.5) is 0 Å². The summed E-state index contributed by atoms with van der Waals surface area (Å²) in [6, 6.07) is 0. The van der Waals surface area contributed by atoms with Gasteiger partial charge in [-0.2, -0.15) is 0 Å². The highest BCUT2D eigenvalue weighted by Crippen LogP contribution is 2.38. The van der Waals surface area contributed by atoms with Crippen molar-refractivity contribution in [3.63, 3.8) is 0 Å². The molecule has 4 heterocycles. The molecule has 0 aromatic carbocycles. The van der Waals surface area contributed by atoms with Gasteiger partial charge in [-0.15, -0.1) is 11.8 Å². The van der Waals surface area contributed by atoms with Crippen LogP contribution in [0.3, 0.4) is 0 Å². The molecule has 0 aliphatic carbocycles. The van der Waals surface area contributed by atoms with Crippen molar-refractivity contribution >= 4 is 11.8 Å². The fraction of sp³-hybridized carbons (Fsp3) is 0.733. The number of nitrogens with one attached hydrogen (secondary N) is 1. The molecule has 0 amide bonds. The van der Waals surface area contributed by atoms with Gasteiger partial charge in [0.15, 0.2) is 6.23 Å². The Hall–Kier alpha value is -1.05. The van der Waals surface area contributed by atoms with Crippen LogP contribution in [-0.2, 0) is 4.74 Å². The minimum absolute atomic E-state index is 0.0221. The summed E-state index contributed by atoms with van der Waals surface area (Å²) in [5, 5.41) is 6.20. The van der Waals surface area contributed by atoms with E-state index in [4.69, 9.17) is 4.74 Å². The second-order valence-electron chi connectivity index (χ2n) is 6.59. The van der Waals surface area contributed by atoms with E-state index in [0.29, 0.717) is 11.5 Å². The summed E-state index contributed by atoms with van der Waals surface area (Å²) in [6.45, 7) is 1.10. The van der Waals surface area contributed by atoms with Crippen molar-refractivity contribution in [1.29, 1.82) is 0 Å². The molecule has 22 heavy (non-hydrogen) atoms. The first kappa shape index (κ1) is 14.5. The Kier molecular flexibility index (Phi) is 3.47. The second-order valence-corrected chi connectivity index (χ2v) is 7.64. The quantitative estimate of drug-likeness (QED) is 0.707. The molecular weight excluding hydrogens is 298 g/mol. The Bertz CT molecular complexity index is 524. The molecule has 0 spiro atoms. The molecule has 4 aliphatic rings. The monoisotopic (exact) mass is 323 g/mol. The van der Waals surface area contributed by atoms with Gasteiger partial charge in [0.1, 0.15) is 23.9 Å². The fourth-order valence-electron chi connectivity index (χ4n) is 4.17. The first-order valence-corrected chi connectivity index (χ1v) is 8.88. The van der Waals surface area contributed by atoms with Gasteiger partial charge in [-0.25, -0.2) is 0 Å². The standard InChI is InChI=1S/C15H25N5OS/c1-17-7-5-6-10-13(17)19(3)14-11(21-10)16-12-15(20(14)4)18(2)8-9-22-12/h8-9,11-12,14-16H,5-7H2,1-4H3. The molecule has 4 rings (SSSR count). The van der Waals surface area contributed by atoms with E-state index >= 15 is 0 Å². The highest BCUT2D eigenvalue weighted by atomic mass is 32.2. The van der Waals surface area contributed by atoms with Crippen LogP contribution in [0.2, 0.25) is 0 Å². The summed E-state index contributed by atoms with van der Waals surface area (Å²) in [6.07, 6.45) is 4.93. The average molecular weight is 323 g/mol. The Labute approximate surface area is 136 Å². The third-order valence-electron chi connectivity index (χ3n) is 5.15. The predicted molar refractivity (Wildman–Crippen MR) is 88.3 cm³/mol. The number of allylic oxidation sites excluding steroid dienone is 1. The average Bonchev–Trinajstić information content (AvgIpc) is 2.46. The van der Waals surface area contributed by atoms with Crippen molar-refractivity contribution in [1.82, 2.24) is 24.9 Å². The Morgan fingerprint density at radius 1 is 1.23 bits per heavy atom. The molecule has 122 valence electrons. The van der Waals surface area contributed by atoms with Crippen LogP contribution in [0.5, 0.6) is 0 Å². The third kappa shape index (κ3) is 2.02. The van der Waals surface area contributed by atoms with Crippen molar-refractivity contribution < 1.29 is 4.74 Å². The number of piperazine rings is 1. The van der Waals surface area contributed by atoms with E-state index in [-0.39, 0.29) is 12.4 Å². The lowest BCUT2D eigenvalue weighted by molar-refractivity contribution is -0.148. The summed E-state index contributed by atoms with van der Waals surface area (Å²) in [4.78, 5) is 9.44. The molecule has 4 unspecified atom stereocenters. The lowest BCUT2D eigenvalue weighted by atomic mass is 10.1. The number of likely N-dealkylation sites (N-methyl/N-ethyl adjacent to an activating group) is 3. The molecule has 0 radical (unpaired) electrons. The van der Waals surface area contributed by atoms with Crippen molar-refractivity contribution in [2.45, 2.75) is 36.8 Å². The largest absolute Gasteiger partial charge is 0.472 e. The van der Waals surface area contributed by atoms with Gasteiger partial charge in [-0.05, 0) is 18.9 Å². The molecule has 1 fully saturated rings. The molecule has 1 saturated heterocycles. The molecule has 0 aromatic rings. The maximum absolute atomic E-state index is 6.38. The van der Waals surface area contributed by atoms with Crippen LogP contribution in [-0.4, -0.2) is 78.3 Å². The van der Waals surface area contributed by atoms with Crippen molar-refractivity contribution in [3.05, 3.63) is 23.2 Å². The zero-order valence-corrected chi connectivity index (χ0v) is 14.5. The van der Waals surface area contributed by atoms with E-state index in [1.807, 2.05) is 11.8 Å². The summed E-state index contributed by atoms with van der Waals surface area (Å²) >= 11 is 1.84. The zero-order chi connectivity index (χ0) is 15.4. The van der Waals surface area contributed by atoms with Crippen LogP contribution in [0.1, 0.15) is 12.8 Å². The number of hydrogen-bond acceptors (Lipinski definition) is 7. The molecule has 0 bridgehead atoms. The van der Waals surface area contributed by atoms with Gasteiger partial charge in [0.2, 0.25) is 0 Å². The summed E-state index contributed by atoms with van der Waals surface area (Å²) < 4.78 is 6.38. The van der Waals surface area contributed by atoms with Gasteiger partial charge < -0.3 is 19.4 Å².